The summed E-state index contributed by atoms with van der Waals surface area (Å²) in [5, 5.41) is 5.95. The van der Waals surface area contributed by atoms with Gasteiger partial charge < -0.3 is 9.74 Å². The molecule has 1 atom stereocenters. The van der Waals surface area contributed by atoms with Gasteiger partial charge in [-0.2, -0.15) is 0 Å². The van der Waals surface area contributed by atoms with Gasteiger partial charge in [0.1, 0.15) is 11.6 Å². The van der Waals surface area contributed by atoms with Crippen LogP contribution >= 0.6 is 11.3 Å². The Balaban J connectivity index is 1.48. The highest BCUT2D eigenvalue weighted by Gasteiger charge is 2.27. The second-order valence-electron chi connectivity index (χ2n) is 6.77. The van der Waals surface area contributed by atoms with E-state index in [4.69, 9.17) is 4.84 Å². The third-order valence-electron chi connectivity index (χ3n) is 4.62. The van der Waals surface area contributed by atoms with E-state index in [2.05, 4.69) is 5.16 Å². The second-order valence-corrected chi connectivity index (χ2v) is 7.72. The Kier molecular flexibility index (Phi) is 5.67. The lowest BCUT2D eigenvalue weighted by molar-refractivity contribution is 0.0408. The molecule has 0 bridgehead atoms. The summed E-state index contributed by atoms with van der Waals surface area (Å²) < 4.78 is 26.7. The molecule has 0 saturated heterocycles. The Morgan fingerprint density at radius 3 is 2.66 bits per heavy atom. The van der Waals surface area contributed by atoms with E-state index >= 15 is 0 Å². The molecule has 1 aromatic heterocycles. The molecule has 4 rings (SSSR count). The van der Waals surface area contributed by atoms with Gasteiger partial charge in [-0.05, 0) is 46.8 Å². The lowest BCUT2D eigenvalue weighted by Gasteiger charge is -2.24. The molecule has 29 heavy (non-hydrogen) atoms. The van der Waals surface area contributed by atoms with Crippen molar-refractivity contribution >= 4 is 23.0 Å². The molecule has 1 aliphatic heterocycles. The summed E-state index contributed by atoms with van der Waals surface area (Å²) in [6.07, 6.45) is 0.177. The first-order chi connectivity index (χ1) is 14.1. The molecule has 3 aromatic rings. The Labute approximate surface area is 171 Å². The number of amides is 1. The van der Waals surface area contributed by atoms with E-state index in [0.717, 1.165) is 5.56 Å². The first kappa shape index (κ1) is 19.3. The van der Waals surface area contributed by atoms with Crippen molar-refractivity contribution in [1.29, 1.82) is 0 Å². The van der Waals surface area contributed by atoms with Gasteiger partial charge in [-0.3, -0.25) is 4.79 Å². The zero-order valence-corrected chi connectivity index (χ0v) is 16.2. The summed E-state index contributed by atoms with van der Waals surface area (Å²) in [5.74, 6) is -0.791. The second kappa shape index (κ2) is 8.53. The van der Waals surface area contributed by atoms with Crippen molar-refractivity contribution in [1.82, 2.24) is 4.90 Å². The molecule has 1 aliphatic rings. The lowest BCUT2D eigenvalue weighted by atomic mass is 10.0. The minimum absolute atomic E-state index is 0.136. The summed E-state index contributed by atoms with van der Waals surface area (Å²) in [6.45, 7) is 0.571. The molecule has 2 heterocycles. The molecule has 148 valence electrons. The summed E-state index contributed by atoms with van der Waals surface area (Å²) in [4.78, 5) is 20.8. The number of hydrogen-bond acceptors (Lipinski definition) is 4. The average Bonchev–Trinajstić information content (AvgIpc) is 3.40. The molecular formula is C22H18F2N2O2S. The highest BCUT2D eigenvalue weighted by atomic mass is 32.1. The average molecular weight is 412 g/mol. The Morgan fingerprint density at radius 1 is 1.10 bits per heavy atom. The van der Waals surface area contributed by atoms with Crippen LogP contribution in [-0.2, 0) is 11.4 Å². The van der Waals surface area contributed by atoms with Crippen LogP contribution in [-0.4, -0.2) is 29.2 Å². The number of thiophene rings is 1. The Bertz CT molecular complexity index is 1020. The number of hydrogen-bond donors (Lipinski definition) is 0. The van der Waals surface area contributed by atoms with E-state index < -0.39 is 0 Å². The van der Waals surface area contributed by atoms with Crippen LogP contribution in [0.5, 0.6) is 0 Å². The van der Waals surface area contributed by atoms with Crippen LogP contribution in [0.25, 0.3) is 0 Å². The van der Waals surface area contributed by atoms with E-state index in [0.29, 0.717) is 29.1 Å². The minimum atomic E-state index is -0.343. The van der Waals surface area contributed by atoms with E-state index in [9.17, 15) is 13.6 Å². The summed E-state index contributed by atoms with van der Waals surface area (Å²) in [7, 11) is 0. The van der Waals surface area contributed by atoms with Crippen molar-refractivity contribution in [2.24, 2.45) is 5.16 Å². The van der Waals surface area contributed by atoms with Crippen LogP contribution in [0.1, 0.15) is 27.2 Å². The fourth-order valence-electron chi connectivity index (χ4n) is 3.22. The molecule has 4 nitrogen and oxygen atoms in total. The number of rotatable bonds is 6. The van der Waals surface area contributed by atoms with Gasteiger partial charge in [-0.25, -0.2) is 8.78 Å². The fourth-order valence-corrected chi connectivity index (χ4v) is 3.91. The van der Waals surface area contributed by atoms with Crippen LogP contribution in [0.2, 0.25) is 0 Å². The zero-order chi connectivity index (χ0) is 20.2. The number of halogens is 2. The maximum absolute atomic E-state index is 13.6. The van der Waals surface area contributed by atoms with Gasteiger partial charge in [0.2, 0.25) is 0 Å². The van der Waals surface area contributed by atoms with Crippen LogP contribution in [0.4, 0.5) is 8.78 Å². The number of benzene rings is 2. The van der Waals surface area contributed by atoms with Gasteiger partial charge in [-0.1, -0.05) is 35.5 Å². The van der Waals surface area contributed by atoms with Crippen molar-refractivity contribution in [3.63, 3.8) is 0 Å². The van der Waals surface area contributed by atoms with Gasteiger partial charge in [0.25, 0.3) is 5.91 Å². The molecule has 7 heteroatoms. The van der Waals surface area contributed by atoms with Gasteiger partial charge in [-0.15, -0.1) is 11.3 Å². The molecule has 0 aliphatic carbocycles. The van der Waals surface area contributed by atoms with Crippen LogP contribution in [0.3, 0.4) is 0 Å². The number of carbonyl (C=O) groups is 1. The molecule has 0 saturated carbocycles. The predicted molar refractivity (Wildman–Crippen MR) is 108 cm³/mol. The molecule has 0 unspecified atom stereocenters. The fraction of sp³-hybridized carbons (Fsp3) is 0.182. The van der Waals surface area contributed by atoms with Crippen molar-refractivity contribution in [2.75, 3.05) is 6.54 Å². The highest BCUT2D eigenvalue weighted by molar-refractivity contribution is 7.12. The van der Waals surface area contributed by atoms with Gasteiger partial charge in [0, 0.05) is 13.0 Å². The van der Waals surface area contributed by atoms with Gasteiger partial charge >= 0.3 is 0 Å². The predicted octanol–water partition coefficient (Wildman–Crippen LogP) is 4.86. The number of nitrogens with zero attached hydrogens (tertiary/aromatic N) is 2. The Morgan fingerprint density at radius 2 is 1.93 bits per heavy atom. The molecular weight excluding hydrogens is 394 g/mol. The molecule has 0 radical (unpaired) electrons. The van der Waals surface area contributed by atoms with Crippen LogP contribution in [0.15, 0.2) is 71.2 Å². The van der Waals surface area contributed by atoms with Crippen LogP contribution < -0.4 is 0 Å². The quantitative estimate of drug-likeness (QED) is 0.580. The first-order valence-electron chi connectivity index (χ1n) is 9.14. The lowest BCUT2D eigenvalue weighted by Crippen LogP contribution is -2.37. The summed E-state index contributed by atoms with van der Waals surface area (Å²) in [6, 6.07) is 15.9. The largest absolute Gasteiger partial charge is 0.390 e. The SMILES string of the molecule is O=C(c1cccs1)N(Cc1cccc(F)c1)C[C@@H]1CC(c2ccc(F)cc2)=NO1. The topological polar surface area (TPSA) is 41.9 Å². The normalized spacial score (nSPS) is 15.7. The van der Waals surface area contributed by atoms with Crippen molar-refractivity contribution in [3.8, 4) is 0 Å². The minimum Gasteiger partial charge on any atom is -0.390 e. The third kappa shape index (κ3) is 4.68. The standard InChI is InChI=1S/C22H18F2N2O2S/c23-17-8-6-16(7-9-17)20-12-19(28-25-20)14-26(22(27)21-5-2-10-29-21)13-15-3-1-4-18(24)11-15/h1-11,19H,12-14H2/t19-/m0/s1. The van der Waals surface area contributed by atoms with Crippen molar-refractivity contribution < 1.29 is 18.4 Å². The van der Waals surface area contributed by atoms with Crippen molar-refractivity contribution in [2.45, 2.75) is 19.1 Å². The number of carbonyl (C=O) groups excluding carboxylic acids is 1. The maximum Gasteiger partial charge on any atom is 0.264 e. The summed E-state index contributed by atoms with van der Waals surface area (Å²) >= 11 is 1.36. The Hall–Kier alpha value is -3.06. The molecule has 0 fully saturated rings. The third-order valence-corrected chi connectivity index (χ3v) is 5.47. The van der Waals surface area contributed by atoms with Crippen molar-refractivity contribution in [3.05, 3.63) is 93.7 Å². The highest BCUT2D eigenvalue weighted by Crippen LogP contribution is 2.21. The molecule has 0 N–H and O–H groups in total. The maximum atomic E-state index is 13.6. The van der Waals surface area contributed by atoms with Crippen LogP contribution in [0, 0.1) is 11.6 Å². The molecule has 2 aromatic carbocycles. The van der Waals surface area contributed by atoms with E-state index in [1.165, 1.54) is 35.6 Å². The van der Waals surface area contributed by atoms with Gasteiger partial charge in [0.05, 0.1) is 17.1 Å². The monoisotopic (exact) mass is 412 g/mol. The zero-order valence-electron chi connectivity index (χ0n) is 15.4. The molecule has 1 amide bonds. The van der Waals surface area contributed by atoms with E-state index in [1.54, 1.807) is 35.2 Å². The summed E-state index contributed by atoms with van der Waals surface area (Å²) in [5.41, 5.74) is 2.20. The first-order valence-corrected chi connectivity index (χ1v) is 10.0. The number of oxime groups is 1. The van der Waals surface area contributed by atoms with E-state index in [1.807, 2.05) is 11.4 Å². The smallest absolute Gasteiger partial charge is 0.264 e. The van der Waals surface area contributed by atoms with Gasteiger partial charge in [0.15, 0.2) is 6.10 Å². The van der Waals surface area contributed by atoms with E-state index in [-0.39, 0.29) is 30.2 Å². The molecule has 0 spiro atoms.